The van der Waals surface area contributed by atoms with Gasteiger partial charge in [-0.2, -0.15) is 0 Å². The lowest BCUT2D eigenvalue weighted by Gasteiger charge is -2.31. The van der Waals surface area contributed by atoms with Gasteiger partial charge in [-0.3, -0.25) is 0 Å². The Bertz CT molecular complexity index is 266. The monoisotopic (exact) mass is 338 g/mol. The molecule has 1 heterocycles. The zero-order valence-electron chi connectivity index (χ0n) is 13.9. The van der Waals surface area contributed by atoms with Crippen LogP contribution in [0.4, 0.5) is 0 Å². The highest BCUT2D eigenvalue weighted by Gasteiger charge is 2.31. The predicted molar refractivity (Wildman–Crippen MR) is 81.5 cm³/mol. The first-order chi connectivity index (χ1) is 11.3. The van der Waals surface area contributed by atoms with E-state index < -0.39 is 18.3 Å². The first kappa shape index (κ1) is 20.7. The van der Waals surface area contributed by atoms with E-state index in [0.29, 0.717) is 65.9 Å². The van der Waals surface area contributed by atoms with Gasteiger partial charge in [-0.1, -0.05) is 0 Å². The van der Waals surface area contributed by atoms with Crippen molar-refractivity contribution < 1.29 is 38.6 Å². The Balaban J connectivity index is 1.79. The van der Waals surface area contributed by atoms with Crippen LogP contribution in [0.5, 0.6) is 0 Å². The number of aliphatic hydroxyl groups is 2. The second kappa shape index (κ2) is 14.1. The van der Waals surface area contributed by atoms with Crippen molar-refractivity contribution in [2.24, 2.45) is 0 Å². The summed E-state index contributed by atoms with van der Waals surface area (Å²) in [5, 5.41) is 19.2. The highest BCUT2D eigenvalue weighted by atomic mass is 16.6. The Hall–Kier alpha value is -0.320. The Kier molecular flexibility index (Phi) is 12.7. The molecule has 0 aliphatic carbocycles. The fourth-order valence-corrected chi connectivity index (χ4v) is 2.01. The molecule has 0 aromatic rings. The molecule has 1 rings (SSSR count). The van der Waals surface area contributed by atoms with Crippen molar-refractivity contribution in [3.63, 3.8) is 0 Å². The minimum atomic E-state index is -0.885. The normalized spacial score (nSPS) is 24.9. The van der Waals surface area contributed by atoms with Crippen molar-refractivity contribution in [1.29, 1.82) is 0 Å². The number of rotatable bonds is 14. The molecular weight excluding hydrogens is 308 g/mol. The SMILES string of the molecule is COCCOCCOCCOCCOCC1OCCC(O)C1O. The summed E-state index contributed by atoms with van der Waals surface area (Å²) in [6, 6.07) is 0. The van der Waals surface area contributed by atoms with E-state index in [1.54, 1.807) is 7.11 Å². The Morgan fingerprint density at radius 3 is 1.91 bits per heavy atom. The molecule has 1 fully saturated rings. The molecular formula is C15H30O8. The molecule has 8 nitrogen and oxygen atoms in total. The standard InChI is InChI=1S/C15H30O8/c1-18-4-5-19-6-7-20-8-9-21-10-11-22-12-14-15(17)13(16)2-3-23-14/h13-17H,2-12H2,1H3. The minimum absolute atomic E-state index is 0.247. The maximum atomic E-state index is 9.71. The summed E-state index contributed by atoms with van der Waals surface area (Å²) in [6.45, 7) is 4.76. The second-order valence-corrected chi connectivity index (χ2v) is 5.16. The molecule has 0 radical (unpaired) electrons. The minimum Gasteiger partial charge on any atom is -0.390 e. The van der Waals surface area contributed by atoms with Crippen LogP contribution in [0.2, 0.25) is 0 Å². The van der Waals surface area contributed by atoms with E-state index >= 15 is 0 Å². The van der Waals surface area contributed by atoms with E-state index in [2.05, 4.69) is 0 Å². The third-order valence-electron chi connectivity index (χ3n) is 3.35. The largest absolute Gasteiger partial charge is 0.390 e. The summed E-state index contributed by atoms with van der Waals surface area (Å²) in [7, 11) is 1.63. The fraction of sp³-hybridized carbons (Fsp3) is 1.00. The van der Waals surface area contributed by atoms with Crippen LogP contribution in [0.15, 0.2) is 0 Å². The first-order valence-corrected chi connectivity index (χ1v) is 8.03. The summed E-state index contributed by atoms with van der Waals surface area (Å²) >= 11 is 0. The lowest BCUT2D eigenvalue weighted by Crippen LogP contribution is -2.46. The van der Waals surface area contributed by atoms with E-state index in [9.17, 15) is 10.2 Å². The van der Waals surface area contributed by atoms with Gasteiger partial charge in [0.05, 0.1) is 65.6 Å². The average Bonchev–Trinajstić information content (AvgIpc) is 2.55. The Morgan fingerprint density at radius 2 is 1.35 bits per heavy atom. The molecule has 23 heavy (non-hydrogen) atoms. The van der Waals surface area contributed by atoms with Gasteiger partial charge in [0.25, 0.3) is 0 Å². The molecule has 1 saturated heterocycles. The quantitative estimate of drug-likeness (QED) is 0.398. The highest BCUT2D eigenvalue weighted by Crippen LogP contribution is 2.14. The summed E-state index contributed by atoms with van der Waals surface area (Å²) in [4.78, 5) is 0. The molecule has 1 aliphatic heterocycles. The van der Waals surface area contributed by atoms with Crippen molar-refractivity contribution in [2.75, 3.05) is 73.2 Å². The predicted octanol–water partition coefficient (Wildman–Crippen LogP) is -0.790. The molecule has 0 saturated carbocycles. The van der Waals surface area contributed by atoms with Crippen molar-refractivity contribution >= 4 is 0 Å². The van der Waals surface area contributed by atoms with Crippen LogP contribution >= 0.6 is 0 Å². The molecule has 3 atom stereocenters. The third-order valence-corrected chi connectivity index (χ3v) is 3.35. The van der Waals surface area contributed by atoms with Crippen molar-refractivity contribution in [3.05, 3.63) is 0 Å². The van der Waals surface area contributed by atoms with Crippen LogP contribution in [0.25, 0.3) is 0 Å². The third kappa shape index (κ3) is 10.2. The summed E-state index contributed by atoms with van der Waals surface area (Å²) in [6.07, 6.45) is -1.63. The average molecular weight is 338 g/mol. The van der Waals surface area contributed by atoms with Gasteiger partial charge < -0.3 is 38.6 Å². The summed E-state index contributed by atoms with van der Waals surface area (Å²) in [5.41, 5.74) is 0. The van der Waals surface area contributed by atoms with Gasteiger partial charge in [-0.05, 0) is 6.42 Å². The van der Waals surface area contributed by atoms with Crippen LogP contribution in [0, 0.1) is 0 Å². The van der Waals surface area contributed by atoms with E-state index in [0.717, 1.165) is 0 Å². The van der Waals surface area contributed by atoms with Gasteiger partial charge in [0.15, 0.2) is 0 Å². The fourth-order valence-electron chi connectivity index (χ4n) is 2.01. The summed E-state index contributed by atoms with van der Waals surface area (Å²) < 4.78 is 31.5. The van der Waals surface area contributed by atoms with Crippen molar-refractivity contribution in [1.82, 2.24) is 0 Å². The maximum Gasteiger partial charge on any atom is 0.109 e. The molecule has 2 N–H and O–H groups in total. The smallest absolute Gasteiger partial charge is 0.109 e. The van der Waals surface area contributed by atoms with Crippen LogP contribution in [-0.4, -0.2) is 102 Å². The zero-order valence-corrected chi connectivity index (χ0v) is 13.9. The molecule has 1 aliphatic rings. The molecule has 0 aromatic carbocycles. The van der Waals surface area contributed by atoms with E-state index in [1.165, 1.54) is 0 Å². The number of hydrogen-bond donors (Lipinski definition) is 2. The van der Waals surface area contributed by atoms with Crippen LogP contribution in [-0.2, 0) is 28.4 Å². The zero-order chi connectivity index (χ0) is 16.8. The highest BCUT2D eigenvalue weighted by molar-refractivity contribution is 4.80. The molecule has 0 spiro atoms. The van der Waals surface area contributed by atoms with Gasteiger partial charge in [0.1, 0.15) is 12.2 Å². The molecule has 0 bridgehead atoms. The molecule has 0 amide bonds. The van der Waals surface area contributed by atoms with E-state index in [4.69, 9.17) is 28.4 Å². The van der Waals surface area contributed by atoms with Gasteiger partial charge in [0, 0.05) is 13.7 Å². The van der Waals surface area contributed by atoms with E-state index in [1.807, 2.05) is 0 Å². The van der Waals surface area contributed by atoms with Crippen molar-refractivity contribution in [3.8, 4) is 0 Å². The van der Waals surface area contributed by atoms with Crippen molar-refractivity contribution in [2.45, 2.75) is 24.7 Å². The number of ether oxygens (including phenoxy) is 6. The number of methoxy groups -OCH3 is 1. The van der Waals surface area contributed by atoms with Crippen LogP contribution < -0.4 is 0 Å². The Labute approximate surface area is 137 Å². The molecule has 0 aromatic heterocycles. The topological polar surface area (TPSA) is 95.8 Å². The lowest BCUT2D eigenvalue weighted by molar-refractivity contribution is -0.156. The second-order valence-electron chi connectivity index (χ2n) is 5.16. The maximum absolute atomic E-state index is 9.71. The van der Waals surface area contributed by atoms with Gasteiger partial charge in [0.2, 0.25) is 0 Å². The van der Waals surface area contributed by atoms with Gasteiger partial charge in [-0.25, -0.2) is 0 Å². The van der Waals surface area contributed by atoms with Crippen LogP contribution in [0.1, 0.15) is 6.42 Å². The molecule has 3 unspecified atom stereocenters. The number of hydrogen-bond acceptors (Lipinski definition) is 8. The van der Waals surface area contributed by atoms with Gasteiger partial charge >= 0.3 is 0 Å². The molecule has 8 heteroatoms. The van der Waals surface area contributed by atoms with Crippen LogP contribution in [0.3, 0.4) is 0 Å². The van der Waals surface area contributed by atoms with Gasteiger partial charge in [-0.15, -0.1) is 0 Å². The van der Waals surface area contributed by atoms with E-state index in [-0.39, 0.29) is 6.61 Å². The number of aliphatic hydroxyl groups excluding tert-OH is 2. The lowest BCUT2D eigenvalue weighted by atomic mass is 10.0. The Morgan fingerprint density at radius 1 is 0.826 bits per heavy atom. The first-order valence-electron chi connectivity index (χ1n) is 8.03. The summed E-state index contributed by atoms with van der Waals surface area (Å²) in [5.74, 6) is 0. The molecule has 138 valence electrons.